The van der Waals surface area contributed by atoms with Crippen molar-refractivity contribution in [2.45, 2.75) is 51.9 Å². The van der Waals surface area contributed by atoms with Gasteiger partial charge < -0.3 is 14.8 Å². The van der Waals surface area contributed by atoms with Crippen molar-refractivity contribution in [3.63, 3.8) is 0 Å². The van der Waals surface area contributed by atoms with E-state index in [2.05, 4.69) is 5.32 Å². The van der Waals surface area contributed by atoms with Gasteiger partial charge in [0, 0.05) is 12.1 Å². The summed E-state index contributed by atoms with van der Waals surface area (Å²) in [6.07, 6.45) is -2.11. The van der Waals surface area contributed by atoms with Gasteiger partial charge in [-0.2, -0.15) is 0 Å². The molecular weight excluding hydrogens is 355 g/mol. The zero-order valence-electron chi connectivity index (χ0n) is 16.0. The van der Waals surface area contributed by atoms with E-state index >= 15 is 0 Å². The fourth-order valence-electron chi connectivity index (χ4n) is 2.69. The van der Waals surface area contributed by atoms with Crippen molar-refractivity contribution >= 4 is 23.7 Å². The van der Waals surface area contributed by atoms with Gasteiger partial charge in [-0.1, -0.05) is 0 Å². The highest BCUT2D eigenvalue weighted by Crippen LogP contribution is 2.24. The number of nitrogens with one attached hydrogen (secondary N) is 1. The zero-order chi connectivity index (χ0) is 20.2. The first-order valence-electron chi connectivity index (χ1n) is 8.82. The van der Waals surface area contributed by atoms with Crippen LogP contribution in [0, 0.1) is 0 Å². The third-order valence-corrected chi connectivity index (χ3v) is 3.84. The van der Waals surface area contributed by atoms with Crippen molar-refractivity contribution in [1.29, 1.82) is 0 Å². The van der Waals surface area contributed by atoms with Gasteiger partial charge in [0.15, 0.2) is 0 Å². The first-order chi connectivity index (χ1) is 12.6. The molecule has 1 aliphatic rings. The number of anilines is 1. The summed E-state index contributed by atoms with van der Waals surface area (Å²) in [5.74, 6) is -0.965. The van der Waals surface area contributed by atoms with E-state index in [1.54, 1.807) is 39.8 Å². The fourth-order valence-corrected chi connectivity index (χ4v) is 2.69. The lowest BCUT2D eigenvalue weighted by molar-refractivity contribution is -0.120. The van der Waals surface area contributed by atoms with Gasteiger partial charge in [0.2, 0.25) is 5.91 Å². The van der Waals surface area contributed by atoms with Gasteiger partial charge in [0.25, 0.3) is 0 Å². The molecule has 0 aliphatic carbocycles. The lowest BCUT2D eigenvalue weighted by atomic mass is 10.1. The Balaban J connectivity index is 2.05. The molecule has 148 valence electrons. The van der Waals surface area contributed by atoms with Gasteiger partial charge >= 0.3 is 12.1 Å². The number of carbonyl (C=O) groups excluding carboxylic acids is 3. The molecule has 1 saturated heterocycles. The predicted molar refractivity (Wildman–Crippen MR) is 97.3 cm³/mol. The van der Waals surface area contributed by atoms with Gasteiger partial charge in [-0.05, 0) is 52.0 Å². The molecular formula is C19H25FN2O5. The van der Waals surface area contributed by atoms with Crippen LogP contribution in [0.15, 0.2) is 24.3 Å². The standard InChI is InChI=1S/C19H25FN2O5/c1-5-26-17(24)12-6-8-14(9-7-12)21-16(23)15-10-13(20)11-22(15)18(25)27-19(2,3)4/h6-9,13,15H,5,10-11H2,1-4H3,(H,21,23)/t13-,15+/m0/s1. The zero-order valence-corrected chi connectivity index (χ0v) is 16.0. The number of amides is 2. The number of hydrogen-bond donors (Lipinski definition) is 1. The Labute approximate surface area is 157 Å². The number of ether oxygens (including phenoxy) is 2. The van der Waals surface area contributed by atoms with E-state index in [1.807, 2.05) is 0 Å². The van der Waals surface area contributed by atoms with Gasteiger partial charge in [-0.25, -0.2) is 14.0 Å². The Morgan fingerprint density at radius 2 is 1.85 bits per heavy atom. The maximum absolute atomic E-state index is 13.8. The Kier molecular flexibility index (Phi) is 6.41. The average Bonchev–Trinajstić information content (AvgIpc) is 2.96. The molecule has 1 fully saturated rings. The number of alkyl halides is 1. The van der Waals surface area contributed by atoms with Crippen LogP contribution in [0.5, 0.6) is 0 Å². The van der Waals surface area contributed by atoms with Crippen LogP contribution in [0.3, 0.4) is 0 Å². The summed E-state index contributed by atoms with van der Waals surface area (Å²) in [7, 11) is 0. The second kappa shape index (κ2) is 8.37. The predicted octanol–water partition coefficient (Wildman–Crippen LogP) is 3.15. The number of benzene rings is 1. The van der Waals surface area contributed by atoms with E-state index in [0.29, 0.717) is 11.3 Å². The SMILES string of the molecule is CCOC(=O)c1ccc(NC(=O)[C@H]2C[C@H](F)CN2C(=O)OC(C)(C)C)cc1. The molecule has 0 bridgehead atoms. The number of rotatable bonds is 4. The van der Waals surface area contributed by atoms with Crippen LogP contribution in [0.1, 0.15) is 44.5 Å². The molecule has 0 saturated carbocycles. The number of nitrogens with zero attached hydrogens (tertiary/aromatic N) is 1. The number of esters is 1. The summed E-state index contributed by atoms with van der Waals surface area (Å²) in [5, 5.41) is 2.64. The smallest absolute Gasteiger partial charge is 0.411 e. The number of carbonyl (C=O) groups is 3. The lowest BCUT2D eigenvalue weighted by Gasteiger charge is -2.27. The highest BCUT2D eigenvalue weighted by molar-refractivity contribution is 5.97. The molecule has 1 aromatic carbocycles. The lowest BCUT2D eigenvalue weighted by Crippen LogP contribution is -2.45. The first-order valence-corrected chi connectivity index (χ1v) is 8.82. The number of halogens is 1. The normalized spacial score (nSPS) is 19.5. The third-order valence-electron chi connectivity index (χ3n) is 3.84. The van der Waals surface area contributed by atoms with Crippen LogP contribution in [0.2, 0.25) is 0 Å². The van der Waals surface area contributed by atoms with Crippen molar-refractivity contribution in [3.8, 4) is 0 Å². The fraction of sp³-hybridized carbons (Fsp3) is 0.526. The van der Waals surface area contributed by atoms with Crippen molar-refractivity contribution in [2.75, 3.05) is 18.5 Å². The van der Waals surface area contributed by atoms with Crippen LogP contribution in [0.4, 0.5) is 14.9 Å². The second-order valence-electron chi connectivity index (χ2n) is 7.27. The second-order valence-corrected chi connectivity index (χ2v) is 7.27. The maximum atomic E-state index is 13.8. The molecule has 0 unspecified atom stereocenters. The molecule has 1 N–H and O–H groups in total. The summed E-state index contributed by atoms with van der Waals surface area (Å²) < 4.78 is 24.0. The number of likely N-dealkylation sites (tertiary alicyclic amines) is 1. The molecule has 0 radical (unpaired) electrons. The molecule has 1 aromatic rings. The summed E-state index contributed by atoms with van der Waals surface area (Å²) in [6, 6.07) is 5.17. The highest BCUT2D eigenvalue weighted by Gasteiger charge is 2.41. The monoisotopic (exact) mass is 380 g/mol. The van der Waals surface area contributed by atoms with E-state index in [4.69, 9.17) is 9.47 Å². The third kappa shape index (κ3) is 5.67. The van der Waals surface area contributed by atoms with Crippen molar-refractivity contribution in [3.05, 3.63) is 29.8 Å². The molecule has 0 spiro atoms. The quantitative estimate of drug-likeness (QED) is 0.811. The van der Waals surface area contributed by atoms with Crippen molar-refractivity contribution < 1.29 is 28.2 Å². The molecule has 1 heterocycles. The minimum atomic E-state index is -1.29. The van der Waals surface area contributed by atoms with Crippen molar-refractivity contribution in [2.24, 2.45) is 0 Å². The summed E-state index contributed by atoms with van der Waals surface area (Å²) in [4.78, 5) is 37.6. The van der Waals surface area contributed by atoms with Gasteiger partial charge in [-0.3, -0.25) is 9.69 Å². The van der Waals surface area contributed by atoms with Crippen molar-refractivity contribution in [1.82, 2.24) is 4.90 Å². The van der Waals surface area contributed by atoms with E-state index in [-0.39, 0.29) is 19.6 Å². The topological polar surface area (TPSA) is 84.9 Å². The van der Waals surface area contributed by atoms with Crippen LogP contribution in [-0.2, 0) is 14.3 Å². The van der Waals surface area contributed by atoms with Gasteiger partial charge in [0.1, 0.15) is 17.8 Å². The van der Waals surface area contributed by atoms with Crippen LogP contribution < -0.4 is 5.32 Å². The molecule has 0 aromatic heterocycles. The van der Waals surface area contributed by atoms with E-state index in [0.717, 1.165) is 4.90 Å². The van der Waals surface area contributed by atoms with Gasteiger partial charge in [0.05, 0.1) is 18.7 Å². The van der Waals surface area contributed by atoms with Crippen LogP contribution in [0.25, 0.3) is 0 Å². The molecule has 2 amide bonds. The summed E-state index contributed by atoms with van der Waals surface area (Å²) in [6.45, 7) is 6.90. The van der Waals surface area contributed by atoms with Crippen LogP contribution in [-0.4, -0.2) is 53.8 Å². The molecule has 7 nitrogen and oxygen atoms in total. The number of hydrogen-bond acceptors (Lipinski definition) is 5. The maximum Gasteiger partial charge on any atom is 0.411 e. The summed E-state index contributed by atoms with van der Waals surface area (Å²) >= 11 is 0. The molecule has 2 atom stereocenters. The van der Waals surface area contributed by atoms with Gasteiger partial charge in [-0.15, -0.1) is 0 Å². The van der Waals surface area contributed by atoms with E-state index in [1.165, 1.54) is 12.1 Å². The first kappa shape index (κ1) is 20.7. The molecule has 8 heteroatoms. The summed E-state index contributed by atoms with van der Waals surface area (Å²) in [5.41, 5.74) is 0.0459. The largest absolute Gasteiger partial charge is 0.462 e. The van der Waals surface area contributed by atoms with Crippen LogP contribution >= 0.6 is 0 Å². The molecule has 1 aliphatic heterocycles. The Morgan fingerprint density at radius 1 is 1.22 bits per heavy atom. The van der Waals surface area contributed by atoms with E-state index < -0.39 is 35.8 Å². The van der Waals surface area contributed by atoms with E-state index in [9.17, 15) is 18.8 Å². The Hall–Kier alpha value is -2.64. The Morgan fingerprint density at radius 3 is 2.41 bits per heavy atom. The minimum Gasteiger partial charge on any atom is -0.462 e. The molecule has 27 heavy (non-hydrogen) atoms. The highest BCUT2D eigenvalue weighted by atomic mass is 19.1. The molecule has 2 rings (SSSR count). The minimum absolute atomic E-state index is 0.0913. The average molecular weight is 380 g/mol. The Bertz CT molecular complexity index is 699.